The van der Waals surface area contributed by atoms with Crippen LogP contribution in [0.1, 0.15) is 51.5 Å². The molecule has 0 spiro atoms. The molecule has 180 valence electrons. The third kappa shape index (κ3) is 7.46. The van der Waals surface area contributed by atoms with Crippen LogP contribution in [-0.2, 0) is 11.3 Å². The van der Waals surface area contributed by atoms with Crippen LogP contribution in [0, 0.1) is 5.82 Å². The van der Waals surface area contributed by atoms with E-state index in [-0.39, 0.29) is 23.5 Å². The van der Waals surface area contributed by atoms with Crippen LogP contribution in [0.2, 0.25) is 0 Å². The maximum Gasteiger partial charge on any atom is 0.317 e. The van der Waals surface area contributed by atoms with E-state index in [1.807, 2.05) is 23.1 Å². The Morgan fingerprint density at radius 1 is 1.30 bits per heavy atom. The van der Waals surface area contributed by atoms with Crippen molar-refractivity contribution in [3.05, 3.63) is 71.8 Å². The minimum absolute atomic E-state index is 0.0664. The Labute approximate surface area is 198 Å². The van der Waals surface area contributed by atoms with E-state index in [1.165, 1.54) is 12.1 Å². The maximum atomic E-state index is 13.3. The Balaban J connectivity index is 1.57. The average Bonchev–Trinajstić information content (AvgIpc) is 2.78. The predicted molar refractivity (Wildman–Crippen MR) is 131 cm³/mol. The molecule has 0 saturated carbocycles. The summed E-state index contributed by atoms with van der Waals surface area (Å²) in [6, 6.07) is 6.52. The van der Waals surface area contributed by atoms with E-state index in [0.717, 1.165) is 55.7 Å². The standard InChI is InChI=1S/C27H38FN3O2/c1-5-22-13-16-27(2,3)33-25(22)8-6-7-17-29-26(32)31(24-14-18-30(4)19-15-24)20-21-9-11-23(28)12-10-21/h5-6,8-12,24H,1,7,13-20H2,2-4H3,(H,29,32)/b8-6-. The van der Waals surface area contributed by atoms with Gasteiger partial charge in [0.1, 0.15) is 17.2 Å². The van der Waals surface area contributed by atoms with Crippen LogP contribution >= 0.6 is 0 Å². The first kappa shape index (κ1) is 25.0. The number of nitrogens with zero attached hydrogens (tertiary/aromatic N) is 2. The smallest absolute Gasteiger partial charge is 0.317 e. The summed E-state index contributed by atoms with van der Waals surface area (Å²) in [7, 11) is 2.11. The summed E-state index contributed by atoms with van der Waals surface area (Å²) in [6.07, 6.45) is 10.4. The lowest BCUT2D eigenvalue weighted by atomic mass is 9.94. The molecule has 0 aliphatic carbocycles. The van der Waals surface area contributed by atoms with Crippen molar-refractivity contribution in [1.82, 2.24) is 15.1 Å². The van der Waals surface area contributed by atoms with Gasteiger partial charge in [-0.2, -0.15) is 0 Å². The van der Waals surface area contributed by atoms with Gasteiger partial charge in [0.05, 0.1) is 0 Å². The molecule has 0 aromatic heterocycles. The number of urea groups is 1. The van der Waals surface area contributed by atoms with Crippen molar-refractivity contribution < 1.29 is 13.9 Å². The van der Waals surface area contributed by atoms with Crippen LogP contribution in [-0.4, -0.2) is 54.2 Å². The number of amides is 2. The normalized spacial score (nSPS) is 19.4. The van der Waals surface area contributed by atoms with E-state index in [4.69, 9.17) is 4.74 Å². The van der Waals surface area contributed by atoms with Gasteiger partial charge in [-0.3, -0.25) is 0 Å². The second-order valence-corrected chi connectivity index (χ2v) is 9.67. The molecule has 0 unspecified atom stereocenters. The molecule has 1 saturated heterocycles. The number of ether oxygens (including phenoxy) is 1. The molecule has 33 heavy (non-hydrogen) atoms. The monoisotopic (exact) mass is 455 g/mol. The number of carbonyl (C=O) groups excluding carboxylic acids is 1. The second kappa shape index (κ2) is 11.5. The van der Waals surface area contributed by atoms with Crippen LogP contribution in [0.15, 0.2) is 60.4 Å². The molecule has 3 rings (SSSR count). The molecule has 2 amide bonds. The number of likely N-dealkylation sites (tertiary alicyclic amines) is 1. The minimum Gasteiger partial charge on any atom is -0.488 e. The number of hydrogen-bond donors (Lipinski definition) is 1. The largest absolute Gasteiger partial charge is 0.488 e. The first-order chi connectivity index (χ1) is 15.8. The summed E-state index contributed by atoms with van der Waals surface area (Å²) in [4.78, 5) is 17.3. The third-order valence-corrected chi connectivity index (χ3v) is 6.46. The van der Waals surface area contributed by atoms with Crippen molar-refractivity contribution in [3.8, 4) is 0 Å². The second-order valence-electron chi connectivity index (χ2n) is 9.67. The van der Waals surface area contributed by atoms with Gasteiger partial charge in [0.2, 0.25) is 0 Å². The summed E-state index contributed by atoms with van der Waals surface area (Å²) in [5.74, 6) is 0.609. The maximum absolute atomic E-state index is 13.3. The molecule has 2 heterocycles. The number of hydrogen-bond acceptors (Lipinski definition) is 3. The molecule has 1 N–H and O–H groups in total. The molecule has 0 radical (unpaired) electrons. The minimum atomic E-state index is -0.263. The summed E-state index contributed by atoms with van der Waals surface area (Å²) in [6.45, 7) is 11.1. The van der Waals surface area contributed by atoms with Crippen molar-refractivity contribution >= 4 is 6.03 Å². The highest BCUT2D eigenvalue weighted by Gasteiger charge is 2.27. The summed E-state index contributed by atoms with van der Waals surface area (Å²) in [5.41, 5.74) is 1.89. The Hall–Kier alpha value is -2.60. The number of piperidine rings is 1. The molecular weight excluding hydrogens is 417 g/mol. The third-order valence-electron chi connectivity index (χ3n) is 6.46. The van der Waals surface area contributed by atoms with Crippen molar-refractivity contribution in [3.63, 3.8) is 0 Å². The molecule has 1 aromatic carbocycles. The zero-order valence-electron chi connectivity index (χ0n) is 20.3. The Morgan fingerprint density at radius 2 is 2.00 bits per heavy atom. The SMILES string of the molecule is C=CC1=C(/C=C\CCNC(=O)N(Cc2ccc(F)cc2)C2CCN(C)CC2)OC(C)(C)CC1. The molecule has 5 nitrogen and oxygen atoms in total. The predicted octanol–water partition coefficient (Wildman–Crippen LogP) is 5.41. The average molecular weight is 456 g/mol. The fourth-order valence-electron chi connectivity index (χ4n) is 4.33. The van der Waals surface area contributed by atoms with Crippen LogP contribution in [0.4, 0.5) is 9.18 Å². The lowest BCUT2D eigenvalue weighted by Gasteiger charge is -2.37. The van der Waals surface area contributed by atoms with Gasteiger partial charge < -0.3 is 19.9 Å². The number of allylic oxidation sites excluding steroid dienone is 3. The highest BCUT2D eigenvalue weighted by molar-refractivity contribution is 5.74. The van der Waals surface area contributed by atoms with Crippen molar-refractivity contribution in [2.45, 2.75) is 64.1 Å². The van der Waals surface area contributed by atoms with Gasteiger partial charge in [0, 0.05) is 19.1 Å². The van der Waals surface area contributed by atoms with Gasteiger partial charge in [-0.1, -0.05) is 30.9 Å². The van der Waals surface area contributed by atoms with E-state index in [0.29, 0.717) is 19.5 Å². The molecule has 0 atom stereocenters. The Bertz CT molecular complexity index is 868. The Morgan fingerprint density at radius 3 is 2.67 bits per heavy atom. The van der Waals surface area contributed by atoms with E-state index >= 15 is 0 Å². The lowest BCUT2D eigenvalue weighted by molar-refractivity contribution is 0.0210. The molecule has 1 fully saturated rings. The molecule has 6 heteroatoms. The van der Waals surface area contributed by atoms with E-state index in [2.05, 4.69) is 37.7 Å². The number of nitrogens with one attached hydrogen (secondary N) is 1. The fourth-order valence-corrected chi connectivity index (χ4v) is 4.33. The van der Waals surface area contributed by atoms with Crippen molar-refractivity contribution in [1.29, 1.82) is 0 Å². The lowest BCUT2D eigenvalue weighted by Crippen LogP contribution is -2.49. The number of carbonyl (C=O) groups is 1. The highest BCUT2D eigenvalue weighted by atomic mass is 19.1. The molecule has 2 aliphatic rings. The van der Waals surface area contributed by atoms with Gasteiger partial charge >= 0.3 is 6.03 Å². The first-order valence-electron chi connectivity index (χ1n) is 12.0. The van der Waals surface area contributed by atoms with E-state index in [1.54, 1.807) is 12.1 Å². The topological polar surface area (TPSA) is 44.8 Å². The van der Waals surface area contributed by atoms with Gasteiger partial charge in [0.15, 0.2) is 0 Å². The zero-order valence-corrected chi connectivity index (χ0v) is 20.3. The summed E-state index contributed by atoms with van der Waals surface area (Å²) >= 11 is 0. The first-order valence-corrected chi connectivity index (χ1v) is 12.0. The summed E-state index contributed by atoms with van der Waals surface area (Å²) in [5, 5.41) is 3.07. The molecular formula is C27H38FN3O2. The number of benzene rings is 1. The fraction of sp³-hybridized carbons (Fsp3) is 0.519. The van der Waals surface area contributed by atoms with Gasteiger partial charge in [-0.05, 0) is 95.4 Å². The van der Waals surface area contributed by atoms with Crippen molar-refractivity contribution in [2.24, 2.45) is 0 Å². The van der Waals surface area contributed by atoms with Gasteiger partial charge in [0.25, 0.3) is 0 Å². The van der Waals surface area contributed by atoms with Gasteiger partial charge in [-0.25, -0.2) is 9.18 Å². The van der Waals surface area contributed by atoms with E-state index in [9.17, 15) is 9.18 Å². The van der Waals surface area contributed by atoms with Crippen LogP contribution in [0.25, 0.3) is 0 Å². The van der Waals surface area contributed by atoms with Crippen LogP contribution < -0.4 is 5.32 Å². The molecule has 1 aromatic rings. The summed E-state index contributed by atoms with van der Waals surface area (Å²) < 4.78 is 19.4. The van der Waals surface area contributed by atoms with Gasteiger partial charge in [-0.15, -0.1) is 0 Å². The van der Waals surface area contributed by atoms with Crippen LogP contribution in [0.5, 0.6) is 0 Å². The Kier molecular flexibility index (Phi) is 8.73. The quantitative estimate of drug-likeness (QED) is 0.533. The molecule has 2 aliphatic heterocycles. The zero-order chi connectivity index (χ0) is 23.8. The number of halogens is 1. The highest BCUT2D eigenvalue weighted by Crippen LogP contribution is 2.32. The van der Waals surface area contributed by atoms with E-state index < -0.39 is 0 Å². The molecule has 0 bridgehead atoms. The van der Waals surface area contributed by atoms with Crippen LogP contribution in [0.3, 0.4) is 0 Å². The van der Waals surface area contributed by atoms with Crippen molar-refractivity contribution in [2.75, 3.05) is 26.7 Å². The number of rotatable bonds is 8.